The van der Waals surface area contributed by atoms with E-state index in [1.54, 1.807) is 18.2 Å². The Morgan fingerprint density at radius 1 is 1.08 bits per heavy atom. The lowest BCUT2D eigenvalue weighted by Crippen LogP contribution is -2.12. The van der Waals surface area contributed by atoms with Crippen molar-refractivity contribution in [2.45, 2.75) is 4.21 Å². The molecule has 0 aliphatic rings. The molecule has 1 N–H and O–H groups in total. The molecule has 0 atom stereocenters. The molecule has 25 heavy (non-hydrogen) atoms. The highest BCUT2D eigenvalue weighted by molar-refractivity contribution is 7.94. The van der Waals surface area contributed by atoms with Crippen LogP contribution >= 0.6 is 22.9 Å². The van der Waals surface area contributed by atoms with E-state index < -0.39 is 10.0 Å². The fourth-order valence-corrected chi connectivity index (χ4v) is 5.18. The predicted octanol–water partition coefficient (Wildman–Crippen LogP) is 5.11. The number of hydrogen-bond acceptors (Lipinski definition) is 5. The number of benzene rings is 2. The molecule has 0 bridgehead atoms. The number of fused-ring (bicyclic) bond motifs is 3. The largest absolute Gasteiger partial charge is 0.495 e. The first-order chi connectivity index (χ1) is 12.0. The average molecular weight is 394 g/mol. The van der Waals surface area contributed by atoms with Crippen LogP contribution in [0.2, 0.25) is 4.34 Å². The van der Waals surface area contributed by atoms with E-state index in [0.29, 0.717) is 21.4 Å². The third kappa shape index (κ3) is 2.84. The van der Waals surface area contributed by atoms with Gasteiger partial charge < -0.3 is 9.15 Å². The van der Waals surface area contributed by atoms with Gasteiger partial charge in [0.2, 0.25) is 0 Å². The second-order valence-electron chi connectivity index (χ2n) is 5.31. The Morgan fingerprint density at radius 2 is 1.88 bits per heavy atom. The first-order valence-corrected chi connectivity index (χ1v) is 9.93. The van der Waals surface area contributed by atoms with Crippen LogP contribution in [0.3, 0.4) is 0 Å². The zero-order valence-electron chi connectivity index (χ0n) is 12.9. The van der Waals surface area contributed by atoms with Crippen molar-refractivity contribution in [2.24, 2.45) is 0 Å². The van der Waals surface area contributed by atoms with Crippen molar-refractivity contribution < 1.29 is 17.6 Å². The van der Waals surface area contributed by atoms with Crippen LogP contribution in [0, 0.1) is 0 Å². The molecule has 2 heterocycles. The van der Waals surface area contributed by atoms with Crippen molar-refractivity contribution in [1.29, 1.82) is 0 Å². The van der Waals surface area contributed by atoms with Gasteiger partial charge in [0.15, 0.2) is 0 Å². The third-order valence-corrected chi connectivity index (χ3v) is 6.85. The van der Waals surface area contributed by atoms with Gasteiger partial charge in [-0.15, -0.1) is 11.3 Å². The molecule has 0 radical (unpaired) electrons. The summed E-state index contributed by atoms with van der Waals surface area (Å²) in [5.41, 5.74) is 1.60. The number of thiophene rings is 1. The van der Waals surface area contributed by atoms with Crippen LogP contribution in [-0.2, 0) is 10.0 Å². The van der Waals surface area contributed by atoms with Crippen LogP contribution in [0.1, 0.15) is 0 Å². The lowest BCUT2D eigenvalue weighted by atomic mass is 10.1. The number of rotatable bonds is 4. The smallest absolute Gasteiger partial charge is 0.271 e. The highest BCUT2D eigenvalue weighted by Gasteiger charge is 2.20. The summed E-state index contributed by atoms with van der Waals surface area (Å²) in [7, 11) is -2.27. The molecule has 4 rings (SSSR count). The Bertz CT molecular complexity index is 1190. The number of hydrogen-bond donors (Lipinski definition) is 1. The minimum absolute atomic E-state index is 0.129. The Hall–Kier alpha value is -2.22. The van der Waals surface area contributed by atoms with E-state index in [1.165, 1.54) is 13.2 Å². The summed E-state index contributed by atoms with van der Waals surface area (Å²) in [6.07, 6.45) is 0. The van der Waals surface area contributed by atoms with Crippen LogP contribution in [0.5, 0.6) is 5.75 Å². The Balaban J connectivity index is 1.85. The first kappa shape index (κ1) is 16.3. The number of nitrogens with one attached hydrogen (secondary N) is 1. The zero-order chi connectivity index (χ0) is 17.6. The van der Waals surface area contributed by atoms with Crippen molar-refractivity contribution >= 4 is 60.6 Å². The molecule has 0 saturated heterocycles. The van der Waals surface area contributed by atoms with Gasteiger partial charge >= 0.3 is 0 Å². The van der Waals surface area contributed by atoms with Gasteiger partial charge in [0.05, 0.1) is 17.1 Å². The van der Waals surface area contributed by atoms with Gasteiger partial charge in [-0.05, 0) is 24.3 Å². The van der Waals surface area contributed by atoms with E-state index in [4.69, 9.17) is 20.8 Å². The minimum Gasteiger partial charge on any atom is -0.495 e. The van der Waals surface area contributed by atoms with Crippen LogP contribution < -0.4 is 9.46 Å². The van der Waals surface area contributed by atoms with Crippen molar-refractivity contribution in [1.82, 2.24) is 0 Å². The monoisotopic (exact) mass is 393 g/mol. The SMILES string of the molecule is COc1cc2c(cc1NS(=O)(=O)c1ccc(Cl)s1)oc1ccccc12. The molecule has 2 aromatic heterocycles. The second-order valence-corrected chi connectivity index (χ2v) is 8.94. The molecule has 0 aliphatic heterocycles. The molecule has 0 fully saturated rings. The van der Waals surface area contributed by atoms with Gasteiger partial charge in [-0.3, -0.25) is 4.72 Å². The topological polar surface area (TPSA) is 68.5 Å². The average Bonchev–Trinajstić information content (AvgIpc) is 3.17. The Labute approximate surface area is 152 Å². The van der Waals surface area contributed by atoms with Gasteiger partial charge in [0, 0.05) is 16.8 Å². The molecule has 4 aromatic rings. The second kappa shape index (κ2) is 5.94. The van der Waals surface area contributed by atoms with E-state index in [0.717, 1.165) is 27.7 Å². The predicted molar refractivity (Wildman–Crippen MR) is 100 cm³/mol. The standard InChI is InChI=1S/C17H12ClNO4S2/c1-22-15-8-11-10-4-2-3-5-13(10)23-14(11)9-12(15)19-25(20,21)17-7-6-16(18)24-17/h2-9,19H,1H3. The highest BCUT2D eigenvalue weighted by atomic mass is 35.5. The fourth-order valence-electron chi connectivity index (χ4n) is 2.64. The zero-order valence-corrected chi connectivity index (χ0v) is 15.3. The summed E-state index contributed by atoms with van der Waals surface area (Å²) < 4.78 is 39.3. The van der Waals surface area contributed by atoms with Crippen molar-refractivity contribution in [3.63, 3.8) is 0 Å². The summed E-state index contributed by atoms with van der Waals surface area (Å²) in [4.78, 5) is 0. The Kier molecular flexibility index (Phi) is 3.87. The lowest BCUT2D eigenvalue weighted by molar-refractivity contribution is 0.417. The van der Waals surface area contributed by atoms with Crippen LogP contribution in [-0.4, -0.2) is 15.5 Å². The van der Waals surface area contributed by atoms with Gasteiger partial charge in [-0.25, -0.2) is 8.42 Å². The number of ether oxygens (including phenoxy) is 1. The highest BCUT2D eigenvalue weighted by Crippen LogP contribution is 2.37. The molecule has 128 valence electrons. The lowest BCUT2D eigenvalue weighted by Gasteiger charge is -2.11. The molecule has 0 amide bonds. The summed E-state index contributed by atoms with van der Waals surface area (Å²) in [5, 5.41) is 1.80. The van der Waals surface area contributed by atoms with Gasteiger partial charge in [-0.1, -0.05) is 29.8 Å². The molecule has 5 nitrogen and oxygen atoms in total. The van der Waals surface area contributed by atoms with E-state index in [1.807, 2.05) is 24.3 Å². The van der Waals surface area contributed by atoms with Gasteiger partial charge in [-0.2, -0.15) is 0 Å². The number of para-hydroxylation sites is 1. The molecular weight excluding hydrogens is 382 g/mol. The summed E-state index contributed by atoms with van der Waals surface area (Å²) in [6, 6.07) is 14.0. The molecule has 8 heteroatoms. The number of furan rings is 1. The Morgan fingerprint density at radius 3 is 2.60 bits per heavy atom. The number of anilines is 1. The molecule has 2 aromatic carbocycles. The van der Waals surface area contributed by atoms with Crippen molar-refractivity contribution in [3.8, 4) is 5.75 Å². The fraction of sp³-hybridized carbons (Fsp3) is 0.0588. The van der Waals surface area contributed by atoms with Gasteiger partial charge in [0.25, 0.3) is 10.0 Å². The summed E-state index contributed by atoms with van der Waals surface area (Å²) in [6.45, 7) is 0. The molecule has 0 spiro atoms. The van der Waals surface area contributed by atoms with Crippen molar-refractivity contribution in [2.75, 3.05) is 11.8 Å². The third-order valence-electron chi connectivity index (χ3n) is 3.76. The molecular formula is C17H12ClNO4S2. The normalized spacial score (nSPS) is 11.9. The van der Waals surface area contributed by atoms with E-state index >= 15 is 0 Å². The van der Waals surface area contributed by atoms with E-state index in [9.17, 15) is 8.42 Å². The first-order valence-electron chi connectivity index (χ1n) is 7.25. The maximum Gasteiger partial charge on any atom is 0.271 e. The number of methoxy groups -OCH3 is 1. The van der Waals surface area contributed by atoms with E-state index in [2.05, 4.69) is 4.72 Å². The molecule has 0 saturated carbocycles. The van der Waals surface area contributed by atoms with Crippen molar-refractivity contribution in [3.05, 3.63) is 52.9 Å². The van der Waals surface area contributed by atoms with Crippen LogP contribution in [0.25, 0.3) is 21.9 Å². The quantitative estimate of drug-likeness (QED) is 0.523. The maximum absolute atomic E-state index is 12.5. The van der Waals surface area contributed by atoms with Crippen LogP contribution in [0.15, 0.2) is 57.2 Å². The number of halogens is 1. The minimum atomic E-state index is -3.76. The summed E-state index contributed by atoms with van der Waals surface area (Å²) >= 11 is 6.82. The molecule has 0 unspecified atom stereocenters. The molecule has 0 aliphatic carbocycles. The summed E-state index contributed by atoms with van der Waals surface area (Å²) in [5.74, 6) is 0.408. The van der Waals surface area contributed by atoms with Gasteiger partial charge in [0.1, 0.15) is 21.1 Å². The number of sulfonamides is 1. The van der Waals surface area contributed by atoms with E-state index in [-0.39, 0.29) is 4.21 Å². The maximum atomic E-state index is 12.5. The van der Waals surface area contributed by atoms with Crippen LogP contribution in [0.4, 0.5) is 5.69 Å².